The predicted octanol–water partition coefficient (Wildman–Crippen LogP) is 16.1. The van der Waals surface area contributed by atoms with Gasteiger partial charge in [-0.3, -0.25) is 0 Å². The van der Waals surface area contributed by atoms with Crippen LogP contribution in [0.3, 0.4) is 0 Å². The van der Waals surface area contributed by atoms with Crippen LogP contribution in [0.15, 0.2) is 243 Å². The van der Waals surface area contributed by atoms with Crippen LogP contribution in [-0.4, -0.2) is 4.57 Å². The quantitative estimate of drug-likeness (QED) is 0.150. The Balaban J connectivity index is 1.11. The fraction of sp³-hybridized carbons (Fsp3) is 0. The minimum Gasteiger partial charge on any atom is -0.310 e. The summed E-state index contributed by atoms with van der Waals surface area (Å²) in [7, 11) is 0. The van der Waals surface area contributed by atoms with E-state index >= 15 is 0 Å². The van der Waals surface area contributed by atoms with Gasteiger partial charge in [-0.2, -0.15) is 0 Å². The highest BCUT2D eigenvalue weighted by Gasteiger charge is 2.22. The predicted molar refractivity (Wildman–Crippen MR) is 255 cm³/mol. The third kappa shape index (κ3) is 6.23. The van der Waals surface area contributed by atoms with Gasteiger partial charge < -0.3 is 9.47 Å². The highest BCUT2D eigenvalue weighted by Crippen LogP contribution is 2.47. The molecule has 1 aromatic heterocycles. The molecule has 282 valence electrons. The standard InChI is InChI=1S/C58H40N2/c1-4-16-41(17-5-1)43-30-35-48(36-31-43)59(50-24-14-23-47(40-50)42-18-6-2-7-19-42)55-29-15-27-51(44-20-8-3-9-21-44)57(55)46-32-37-49(38-33-46)60-54-28-13-12-26-53(54)58-52-25-11-10-22-45(52)34-39-56(58)60/h1-40H. The summed E-state index contributed by atoms with van der Waals surface area (Å²) in [6, 6.07) is 87.9. The Morgan fingerprint density at radius 2 is 0.883 bits per heavy atom. The van der Waals surface area contributed by atoms with E-state index in [0.29, 0.717) is 0 Å². The number of benzene rings is 10. The molecule has 0 N–H and O–H groups in total. The molecular weight excluding hydrogens is 725 g/mol. The van der Waals surface area contributed by atoms with Gasteiger partial charge in [0.2, 0.25) is 0 Å². The normalized spacial score (nSPS) is 11.3. The first-order chi connectivity index (χ1) is 29.8. The monoisotopic (exact) mass is 764 g/mol. The van der Waals surface area contributed by atoms with E-state index < -0.39 is 0 Å². The summed E-state index contributed by atoms with van der Waals surface area (Å²) in [5.74, 6) is 0. The van der Waals surface area contributed by atoms with Crippen LogP contribution in [0.4, 0.5) is 17.1 Å². The highest BCUT2D eigenvalue weighted by molar-refractivity contribution is 6.21. The van der Waals surface area contributed by atoms with Crippen molar-refractivity contribution in [1.82, 2.24) is 4.57 Å². The Kier molecular flexibility index (Phi) is 8.87. The zero-order valence-corrected chi connectivity index (χ0v) is 33.0. The van der Waals surface area contributed by atoms with Gasteiger partial charge in [0.1, 0.15) is 0 Å². The van der Waals surface area contributed by atoms with Crippen LogP contribution >= 0.6 is 0 Å². The van der Waals surface area contributed by atoms with Gasteiger partial charge in [-0.1, -0.05) is 188 Å². The Morgan fingerprint density at radius 3 is 1.62 bits per heavy atom. The second-order valence-corrected chi connectivity index (χ2v) is 15.3. The number of nitrogens with zero attached hydrogens (tertiary/aromatic N) is 2. The lowest BCUT2D eigenvalue weighted by Crippen LogP contribution is -2.12. The molecule has 10 aromatic carbocycles. The van der Waals surface area contributed by atoms with Gasteiger partial charge in [0.25, 0.3) is 0 Å². The van der Waals surface area contributed by atoms with Crippen LogP contribution < -0.4 is 4.90 Å². The zero-order chi connectivity index (χ0) is 39.8. The van der Waals surface area contributed by atoms with E-state index in [2.05, 4.69) is 252 Å². The minimum atomic E-state index is 1.08. The zero-order valence-electron chi connectivity index (χ0n) is 33.0. The average Bonchev–Trinajstić information content (AvgIpc) is 3.68. The maximum Gasteiger partial charge on any atom is 0.0547 e. The number of rotatable bonds is 8. The van der Waals surface area contributed by atoms with Crippen molar-refractivity contribution in [2.24, 2.45) is 0 Å². The largest absolute Gasteiger partial charge is 0.310 e. The Bertz CT molecular complexity index is 3270. The molecular formula is C58H40N2. The lowest BCUT2D eigenvalue weighted by atomic mass is 9.91. The molecule has 0 saturated carbocycles. The molecule has 0 spiro atoms. The van der Waals surface area contributed by atoms with E-state index in [0.717, 1.165) is 28.3 Å². The summed E-state index contributed by atoms with van der Waals surface area (Å²) in [6.45, 7) is 0. The molecule has 2 heteroatoms. The van der Waals surface area contributed by atoms with Gasteiger partial charge in [-0.15, -0.1) is 0 Å². The van der Waals surface area contributed by atoms with E-state index in [4.69, 9.17) is 0 Å². The second kappa shape index (κ2) is 15.1. The molecule has 1 heterocycles. The van der Waals surface area contributed by atoms with Crippen LogP contribution in [0.5, 0.6) is 0 Å². The van der Waals surface area contributed by atoms with E-state index in [1.165, 1.54) is 71.5 Å². The van der Waals surface area contributed by atoms with Gasteiger partial charge in [0.05, 0.1) is 16.7 Å². The van der Waals surface area contributed by atoms with E-state index in [-0.39, 0.29) is 0 Å². The van der Waals surface area contributed by atoms with Gasteiger partial charge in [0, 0.05) is 33.4 Å². The number of para-hydroxylation sites is 1. The highest BCUT2D eigenvalue weighted by atomic mass is 15.1. The molecule has 11 aromatic rings. The molecule has 0 radical (unpaired) electrons. The van der Waals surface area contributed by atoms with Crippen molar-refractivity contribution in [1.29, 1.82) is 0 Å². The Morgan fingerprint density at radius 1 is 0.317 bits per heavy atom. The van der Waals surface area contributed by atoms with Crippen LogP contribution in [0.25, 0.3) is 82.8 Å². The summed E-state index contributed by atoms with van der Waals surface area (Å²) in [5, 5.41) is 5.07. The number of hydrogen-bond acceptors (Lipinski definition) is 1. The summed E-state index contributed by atoms with van der Waals surface area (Å²) in [6.07, 6.45) is 0. The van der Waals surface area contributed by atoms with Gasteiger partial charge in [0.15, 0.2) is 0 Å². The first-order valence-electron chi connectivity index (χ1n) is 20.6. The molecule has 0 saturated heterocycles. The molecule has 0 amide bonds. The van der Waals surface area contributed by atoms with E-state index in [1.54, 1.807) is 0 Å². The van der Waals surface area contributed by atoms with Gasteiger partial charge >= 0.3 is 0 Å². The van der Waals surface area contributed by atoms with Crippen LogP contribution in [0.1, 0.15) is 0 Å². The summed E-state index contributed by atoms with van der Waals surface area (Å²) < 4.78 is 2.42. The van der Waals surface area contributed by atoms with Crippen LogP contribution in [-0.2, 0) is 0 Å². The molecule has 0 bridgehead atoms. The summed E-state index contributed by atoms with van der Waals surface area (Å²) in [5.41, 5.74) is 16.2. The van der Waals surface area contributed by atoms with Crippen molar-refractivity contribution in [3.05, 3.63) is 243 Å². The fourth-order valence-electron chi connectivity index (χ4n) is 9.00. The number of fused-ring (bicyclic) bond motifs is 5. The molecule has 0 aliphatic heterocycles. The third-order valence-corrected chi connectivity index (χ3v) is 11.8. The lowest BCUT2D eigenvalue weighted by Gasteiger charge is -2.30. The van der Waals surface area contributed by atoms with Crippen molar-refractivity contribution in [3.63, 3.8) is 0 Å². The first-order valence-corrected chi connectivity index (χ1v) is 20.6. The molecule has 0 aliphatic rings. The maximum atomic E-state index is 2.43. The van der Waals surface area contributed by atoms with Crippen molar-refractivity contribution in [3.8, 4) is 50.2 Å². The molecule has 0 aliphatic carbocycles. The molecule has 0 fully saturated rings. The Labute approximate surface area is 350 Å². The maximum absolute atomic E-state index is 2.43. The summed E-state index contributed by atoms with van der Waals surface area (Å²) >= 11 is 0. The average molecular weight is 765 g/mol. The molecule has 0 unspecified atom stereocenters. The Hall–Kier alpha value is -7.94. The number of aromatic nitrogens is 1. The molecule has 60 heavy (non-hydrogen) atoms. The van der Waals surface area contributed by atoms with E-state index in [1.807, 2.05) is 0 Å². The fourth-order valence-corrected chi connectivity index (χ4v) is 9.00. The van der Waals surface area contributed by atoms with Crippen LogP contribution in [0.2, 0.25) is 0 Å². The van der Waals surface area contributed by atoms with Crippen molar-refractivity contribution >= 4 is 49.6 Å². The van der Waals surface area contributed by atoms with Crippen molar-refractivity contribution in [2.75, 3.05) is 4.90 Å². The molecule has 0 atom stereocenters. The van der Waals surface area contributed by atoms with Gasteiger partial charge in [-0.25, -0.2) is 0 Å². The summed E-state index contributed by atoms with van der Waals surface area (Å²) in [4.78, 5) is 2.43. The smallest absolute Gasteiger partial charge is 0.0547 e. The minimum absolute atomic E-state index is 1.08. The second-order valence-electron chi connectivity index (χ2n) is 15.3. The topological polar surface area (TPSA) is 8.17 Å². The SMILES string of the molecule is c1ccc(-c2ccc(N(c3cccc(-c4ccccc4)c3)c3cccc(-c4ccccc4)c3-c3ccc(-n4c5ccccc5c5c6ccccc6ccc54)cc3)cc2)cc1. The molecule has 11 rings (SSSR count). The van der Waals surface area contributed by atoms with Gasteiger partial charge in [-0.05, 0) is 104 Å². The van der Waals surface area contributed by atoms with Crippen molar-refractivity contribution in [2.45, 2.75) is 0 Å². The third-order valence-electron chi connectivity index (χ3n) is 11.8. The first kappa shape index (κ1) is 35.2. The number of anilines is 3. The lowest BCUT2D eigenvalue weighted by molar-refractivity contribution is 1.18. The van der Waals surface area contributed by atoms with Crippen LogP contribution in [0, 0.1) is 0 Å². The molecule has 2 nitrogen and oxygen atoms in total. The van der Waals surface area contributed by atoms with E-state index in [9.17, 15) is 0 Å². The van der Waals surface area contributed by atoms with Crippen molar-refractivity contribution < 1.29 is 0 Å². The number of hydrogen-bond donors (Lipinski definition) is 0.